The third kappa shape index (κ3) is 7.30. The van der Waals surface area contributed by atoms with Gasteiger partial charge in [0, 0.05) is 16.8 Å². The van der Waals surface area contributed by atoms with Crippen molar-refractivity contribution in [2.45, 2.75) is 15.6 Å². The second kappa shape index (κ2) is 12.5. The molecule has 2 heterocycles. The minimum Gasteiger partial charge on any atom is -0.322 e. The molecule has 0 aliphatic carbocycles. The van der Waals surface area contributed by atoms with E-state index in [0.29, 0.717) is 26.3 Å². The number of aryl methyl sites for hydroxylation is 1. The lowest BCUT2D eigenvalue weighted by molar-refractivity contribution is -0.113. The number of ketones is 1. The van der Waals surface area contributed by atoms with Gasteiger partial charge in [0.05, 0.1) is 21.7 Å². The summed E-state index contributed by atoms with van der Waals surface area (Å²) in [6.45, 7) is 1.98. The fourth-order valence-electron chi connectivity index (χ4n) is 3.39. The summed E-state index contributed by atoms with van der Waals surface area (Å²) in [6, 6.07) is 22.0. The maximum atomic E-state index is 12.5. The Morgan fingerprint density at radius 1 is 0.795 bits per heavy atom. The number of anilines is 2. The molecule has 0 atom stereocenters. The first-order valence-electron chi connectivity index (χ1n) is 11.7. The predicted octanol–water partition coefficient (Wildman–Crippen LogP) is 6.41. The SMILES string of the molecule is Cc1ccc(C(=O)Nc2ccc3nc(SCC(=O)Nc4nnc(SCC(=O)c5ccccc5)s4)sc3c2)cc1. The highest BCUT2D eigenvalue weighted by molar-refractivity contribution is 8.02. The van der Waals surface area contributed by atoms with Gasteiger partial charge in [-0.05, 0) is 37.3 Å². The van der Waals surface area contributed by atoms with E-state index in [-0.39, 0.29) is 29.1 Å². The van der Waals surface area contributed by atoms with E-state index in [0.717, 1.165) is 20.1 Å². The number of fused-ring (bicyclic) bond motifs is 1. The normalized spacial score (nSPS) is 10.9. The molecule has 0 unspecified atom stereocenters. The molecule has 0 aliphatic rings. The number of amides is 2. The number of rotatable bonds is 10. The molecule has 3 aromatic carbocycles. The van der Waals surface area contributed by atoms with E-state index in [1.54, 1.807) is 24.3 Å². The third-order valence-electron chi connectivity index (χ3n) is 5.34. The summed E-state index contributed by atoms with van der Waals surface area (Å²) in [5.74, 6) is 0.0157. The highest BCUT2D eigenvalue weighted by atomic mass is 32.2. The van der Waals surface area contributed by atoms with Crippen molar-refractivity contribution >= 4 is 84.8 Å². The average molecular weight is 592 g/mol. The van der Waals surface area contributed by atoms with E-state index >= 15 is 0 Å². The number of thiazole rings is 1. The van der Waals surface area contributed by atoms with E-state index in [4.69, 9.17) is 0 Å². The smallest absolute Gasteiger partial charge is 0.255 e. The molecule has 0 fully saturated rings. The predicted molar refractivity (Wildman–Crippen MR) is 160 cm³/mol. The molecule has 2 N–H and O–H groups in total. The van der Waals surface area contributed by atoms with Gasteiger partial charge in [-0.15, -0.1) is 21.5 Å². The number of nitrogens with zero attached hydrogens (tertiary/aromatic N) is 3. The fourth-order valence-corrected chi connectivity index (χ4v) is 6.96. The van der Waals surface area contributed by atoms with Crippen LogP contribution in [-0.4, -0.2) is 44.3 Å². The van der Waals surface area contributed by atoms with Crippen molar-refractivity contribution in [3.63, 3.8) is 0 Å². The number of hydrogen-bond acceptors (Lipinski definition) is 10. The van der Waals surface area contributed by atoms with Crippen LogP contribution in [0.5, 0.6) is 0 Å². The molecule has 0 spiro atoms. The van der Waals surface area contributed by atoms with Crippen molar-refractivity contribution in [2.24, 2.45) is 0 Å². The lowest BCUT2D eigenvalue weighted by Gasteiger charge is -2.05. The number of aromatic nitrogens is 3. The van der Waals surface area contributed by atoms with Crippen molar-refractivity contribution in [3.05, 3.63) is 89.5 Å². The van der Waals surface area contributed by atoms with E-state index in [1.165, 1.54) is 46.2 Å². The van der Waals surface area contributed by atoms with Gasteiger partial charge in [-0.3, -0.25) is 19.7 Å². The first kappa shape index (κ1) is 27.0. The minimum atomic E-state index is -0.224. The Labute approximate surface area is 240 Å². The third-order valence-corrected chi connectivity index (χ3v) is 9.48. The molecule has 0 bridgehead atoms. The second-order valence-corrected chi connectivity index (χ2v) is 12.7. The van der Waals surface area contributed by atoms with Crippen LogP contribution in [0.2, 0.25) is 0 Å². The molecular formula is C27H21N5O3S4. The molecule has 2 amide bonds. The van der Waals surface area contributed by atoms with Crippen molar-refractivity contribution in [2.75, 3.05) is 22.1 Å². The number of hydrogen-bond donors (Lipinski definition) is 2. The minimum absolute atomic E-state index is 0.00869. The topological polar surface area (TPSA) is 114 Å². The average Bonchev–Trinajstić information content (AvgIpc) is 3.57. The summed E-state index contributed by atoms with van der Waals surface area (Å²) in [5, 5.41) is 14.1. The molecule has 0 aliphatic heterocycles. The molecule has 0 saturated heterocycles. The van der Waals surface area contributed by atoms with Crippen molar-refractivity contribution in [1.29, 1.82) is 0 Å². The van der Waals surface area contributed by atoms with Gasteiger partial charge in [0.15, 0.2) is 14.5 Å². The maximum absolute atomic E-state index is 12.5. The van der Waals surface area contributed by atoms with Crippen LogP contribution in [0.3, 0.4) is 0 Å². The zero-order valence-electron chi connectivity index (χ0n) is 20.5. The van der Waals surface area contributed by atoms with Crippen LogP contribution in [0.25, 0.3) is 10.2 Å². The van der Waals surface area contributed by atoms with Gasteiger partial charge < -0.3 is 5.32 Å². The van der Waals surface area contributed by atoms with Crippen LogP contribution in [-0.2, 0) is 4.79 Å². The first-order chi connectivity index (χ1) is 18.9. The summed E-state index contributed by atoms with van der Waals surface area (Å²) in [5.41, 5.74) is 3.82. The van der Waals surface area contributed by atoms with Gasteiger partial charge in [-0.2, -0.15) is 0 Å². The maximum Gasteiger partial charge on any atom is 0.255 e. The Balaban J connectivity index is 1.11. The Kier molecular flexibility index (Phi) is 8.67. The van der Waals surface area contributed by atoms with E-state index in [9.17, 15) is 14.4 Å². The summed E-state index contributed by atoms with van der Waals surface area (Å²) in [6.07, 6.45) is 0. The van der Waals surface area contributed by atoms with Crippen LogP contribution in [0.15, 0.2) is 81.5 Å². The Bertz CT molecular complexity index is 1630. The summed E-state index contributed by atoms with van der Waals surface area (Å²) in [4.78, 5) is 41.8. The standard InChI is InChI=1S/C27H21N5O3S4/c1-16-7-9-18(10-8-16)24(35)28-19-11-12-20-22(13-19)38-26(29-20)37-15-23(34)30-25-31-32-27(39-25)36-14-21(33)17-5-3-2-4-6-17/h2-13H,14-15H2,1H3,(H,28,35)(H,30,31,34). The largest absolute Gasteiger partial charge is 0.322 e. The van der Waals surface area contributed by atoms with Gasteiger partial charge in [-0.1, -0.05) is 82.9 Å². The molecule has 8 nitrogen and oxygen atoms in total. The van der Waals surface area contributed by atoms with Gasteiger partial charge in [0.25, 0.3) is 5.91 Å². The Morgan fingerprint density at radius 2 is 1.56 bits per heavy atom. The molecule has 196 valence electrons. The van der Waals surface area contributed by atoms with Crippen LogP contribution in [0.1, 0.15) is 26.3 Å². The van der Waals surface area contributed by atoms with Crippen LogP contribution in [0.4, 0.5) is 10.8 Å². The molecule has 12 heteroatoms. The van der Waals surface area contributed by atoms with Gasteiger partial charge in [0.1, 0.15) is 0 Å². The van der Waals surface area contributed by atoms with Gasteiger partial charge in [-0.25, -0.2) is 4.98 Å². The zero-order valence-corrected chi connectivity index (χ0v) is 23.8. The first-order valence-corrected chi connectivity index (χ1v) is 15.3. The highest BCUT2D eigenvalue weighted by Gasteiger charge is 2.14. The van der Waals surface area contributed by atoms with E-state index < -0.39 is 0 Å². The summed E-state index contributed by atoms with van der Waals surface area (Å²) >= 11 is 5.30. The molecule has 0 saturated carbocycles. The van der Waals surface area contributed by atoms with Crippen LogP contribution >= 0.6 is 46.2 Å². The quantitative estimate of drug-likeness (QED) is 0.109. The number of thioether (sulfide) groups is 2. The van der Waals surface area contributed by atoms with Gasteiger partial charge in [0.2, 0.25) is 11.0 Å². The molecule has 0 radical (unpaired) electrons. The number of carbonyl (C=O) groups is 3. The lowest BCUT2D eigenvalue weighted by Crippen LogP contribution is -2.13. The van der Waals surface area contributed by atoms with Gasteiger partial charge >= 0.3 is 0 Å². The van der Waals surface area contributed by atoms with Crippen molar-refractivity contribution in [3.8, 4) is 0 Å². The molecule has 2 aromatic heterocycles. The molecular weight excluding hydrogens is 571 g/mol. The second-order valence-electron chi connectivity index (χ2n) is 8.27. The Hall–Kier alpha value is -3.58. The number of benzene rings is 3. The summed E-state index contributed by atoms with van der Waals surface area (Å²) in [7, 11) is 0. The van der Waals surface area contributed by atoms with Crippen molar-refractivity contribution in [1.82, 2.24) is 15.2 Å². The Morgan fingerprint density at radius 3 is 2.36 bits per heavy atom. The van der Waals surface area contributed by atoms with Crippen LogP contribution < -0.4 is 10.6 Å². The molecule has 5 aromatic rings. The monoisotopic (exact) mass is 591 g/mol. The number of Topliss-reactive ketones (excluding diaryl/α,β-unsaturated/α-hetero) is 1. The number of carbonyl (C=O) groups excluding carboxylic acids is 3. The zero-order chi connectivity index (χ0) is 27.2. The fraction of sp³-hybridized carbons (Fsp3) is 0.111. The van der Waals surface area contributed by atoms with Crippen LogP contribution in [0, 0.1) is 6.92 Å². The lowest BCUT2D eigenvalue weighted by atomic mass is 10.1. The van der Waals surface area contributed by atoms with E-state index in [2.05, 4.69) is 25.8 Å². The molecule has 39 heavy (non-hydrogen) atoms. The summed E-state index contributed by atoms with van der Waals surface area (Å²) < 4.78 is 2.27. The highest BCUT2D eigenvalue weighted by Crippen LogP contribution is 2.32. The number of nitrogens with one attached hydrogen (secondary N) is 2. The van der Waals surface area contributed by atoms with Crippen molar-refractivity contribution < 1.29 is 14.4 Å². The molecule has 5 rings (SSSR count). The van der Waals surface area contributed by atoms with E-state index in [1.807, 2.05) is 55.5 Å².